The molecule has 1 aromatic carbocycles. The molecule has 0 spiro atoms. The molecule has 0 saturated heterocycles. The summed E-state index contributed by atoms with van der Waals surface area (Å²) in [6.45, 7) is 0. The van der Waals surface area contributed by atoms with Crippen molar-refractivity contribution in [3.8, 4) is 16.5 Å². The Morgan fingerprint density at radius 3 is 2.54 bits per heavy atom. The molecule has 0 fully saturated rings. The Kier molecular flexibility index (Phi) is 5.34. The van der Waals surface area contributed by atoms with Crippen LogP contribution in [-0.2, 0) is 7.05 Å². The van der Waals surface area contributed by atoms with E-state index in [9.17, 15) is 19.5 Å². The fourth-order valence-corrected chi connectivity index (χ4v) is 3.42. The number of anilines is 2. The number of rotatable bonds is 4. The SMILES string of the molecule is Cn1c(-c2sccc2NC(=O)Nc2ccccc2Cl)nc(C(=O)O)c(O)c1=O. The van der Waals surface area contributed by atoms with Crippen molar-refractivity contribution in [2.45, 2.75) is 0 Å². The number of nitrogens with zero attached hydrogens (tertiary/aromatic N) is 2. The lowest BCUT2D eigenvalue weighted by Gasteiger charge is -2.12. The quantitative estimate of drug-likeness (QED) is 0.512. The first-order chi connectivity index (χ1) is 13.3. The van der Waals surface area contributed by atoms with Crippen LogP contribution in [0.25, 0.3) is 10.7 Å². The molecule has 2 aromatic heterocycles. The molecule has 2 heterocycles. The highest BCUT2D eigenvalue weighted by atomic mass is 35.5. The van der Waals surface area contributed by atoms with E-state index < -0.39 is 29.0 Å². The maximum absolute atomic E-state index is 12.3. The molecule has 0 bridgehead atoms. The van der Waals surface area contributed by atoms with E-state index >= 15 is 0 Å². The lowest BCUT2D eigenvalue weighted by molar-refractivity contribution is 0.0686. The number of carbonyl (C=O) groups is 2. The van der Waals surface area contributed by atoms with Crippen molar-refractivity contribution in [3.05, 3.63) is 56.8 Å². The summed E-state index contributed by atoms with van der Waals surface area (Å²) in [6.07, 6.45) is 0. The van der Waals surface area contributed by atoms with Gasteiger partial charge < -0.3 is 20.8 Å². The number of aromatic hydroxyl groups is 1. The lowest BCUT2D eigenvalue weighted by atomic mass is 10.3. The van der Waals surface area contributed by atoms with Gasteiger partial charge in [-0.2, -0.15) is 0 Å². The average Bonchev–Trinajstić information content (AvgIpc) is 3.09. The molecule has 2 amide bonds. The van der Waals surface area contributed by atoms with Gasteiger partial charge in [0, 0.05) is 7.05 Å². The number of urea groups is 1. The molecule has 0 aliphatic heterocycles. The molecule has 28 heavy (non-hydrogen) atoms. The molecule has 0 unspecified atom stereocenters. The second kappa shape index (κ2) is 7.71. The summed E-state index contributed by atoms with van der Waals surface area (Å²) in [6, 6.07) is 7.67. The number of hydrogen-bond donors (Lipinski definition) is 4. The molecule has 0 aliphatic rings. The molecule has 0 aliphatic carbocycles. The highest BCUT2D eigenvalue weighted by Crippen LogP contribution is 2.33. The first-order valence-corrected chi connectivity index (χ1v) is 8.99. The van der Waals surface area contributed by atoms with E-state index in [0.29, 0.717) is 21.3 Å². The van der Waals surface area contributed by atoms with Crippen LogP contribution in [0, 0.1) is 0 Å². The van der Waals surface area contributed by atoms with Crippen LogP contribution in [0.1, 0.15) is 10.5 Å². The van der Waals surface area contributed by atoms with Crippen LogP contribution in [0.4, 0.5) is 16.2 Å². The van der Waals surface area contributed by atoms with Gasteiger partial charge in [-0.3, -0.25) is 9.36 Å². The highest BCUT2D eigenvalue weighted by Gasteiger charge is 2.22. The minimum Gasteiger partial charge on any atom is -0.501 e. The molecule has 11 heteroatoms. The number of amides is 2. The van der Waals surface area contributed by atoms with Gasteiger partial charge >= 0.3 is 12.0 Å². The molecule has 4 N–H and O–H groups in total. The fraction of sp³-hybridized carbons (Fsp3) is 0.0588. The Labute approximate surface area is 166 Å². The lowest BCUT2D eigenvalue weighted by Crippen LogP contribution is -2.24. The minimum absolute atomic E-state index is 0.0109. The molecular formula is C17H13ClN4O5S. The summed E-state index contributed by atoms with van der Waals surface area (Å²) in [4.78, 5) is 39.9. The molecule has 3 rings (SSSR count). The third-order valence-electron chi connectivity index (χ3n) is 3.71. The number of carboxylic acid groups (broad SMARTS) is 1. The normalized spacial score (nSPS) is 10.5. The Balaban J connectivity index is 1.95. The fourth-order valence-electron chi connectivity index (χ4n) is 2.36. The van der Waals surface area contributed by atoms with E-state index in [0.717, 1.165) is 15.9 Å². The van der Waals surface area contributed by atoms with Gasteiger partial charge in [0.2, 0.25) is 5.75 Å². The standard InChI is InChI=1S/C17H13ClN4O5S/c1-22-14(21-11(16(25)26)12(23)15(22)24)13-10(6-7-28-13)20-17(27)19-9-5-3-2-4-8(9)18/h2-7,23H,1H3,(H,25,26)(H2,19,20,27). The molecule has 144 valence electrons. The topological polar surface area (TPSA) is 134 Å². The summed E-state index contributed by atoms with van der Waals surface area (Å²) in [7, 11) is 1.34. The second-order valence-corrected chi connectivity index (χ2v) is 6.85. The summed E-state index contributed by atoms with van der Waals surface area (Å²) in [5.41, 5.74) is -0.971. The Hall–Kier alpha value is -3.37. The average molecular weight is 421 g/mol. The summed E-state index contributed by atoms with van der Waals surface area (Å²) in [5.74, 6) is -2.51. The first-order valence-electron chi connectivity index (χ1n) is 7.73. The zero-order chi connectivity index (χ0) is 20.4. The number of benzene rings is 1. The zero-order valence-corrected chi connectivity index (χ0v) is 15.8. The zero-order valence-electron chi connectivity index (χ0n) is 14.3. The maximum atomic E-state index is 12.3. The van der Waals surface area contributed by atoms with Gasteiger partial charge in [-0.25, -0.2) is 14.6 Å². The van der Waals surface area contributed by atoms with Crippen LogP contribution < -0.4 is 16.2 Å². The number of nitrogens with one attached hydrogen (secondary N) is 2. The number of thiophene rings is 1. The van der Waals surface area contributed by atoms with Gasteiger partial charge in [0.1, 0.15) is 0 Å². The van der Waals surface area contributed by atoms with E-state index in [1.807, 2.05) is 0 Å². The van der Waals surface area contributed by atoms with E-state index in [1.54, 1.807) is 35.7 Å². The molecule has 0 atom stereocenters. The number of halogens is 1. The van der Waals surface area contributed by atoms with E-state index in [2.05, 4.69) is 15.6 Å². The first kappa shape index (κ1) is 19.4. The van der Waals surface area contributed by atoms with E-state index in [4.69, 9.17) is 16.7 Å². The Morgan fingerprint density at radius 1 is 1.18 bits per heavy atom. The van der Waals surface area contributed by atoms with Crippen LogP contribution in [-0.4, -0.2) is 31.8 Å². The molecule has 3 aromatic rings. The molecule has 9 nitrogen and oxygen atoms in total. The van der Waals surface area contributed by atoms with Crippen LogP contribution in [0.5, 0.6) is 5.75 Å². The predicted molar refractivity (Wildman–Crippen MR) is 106 cm³/mol. The number of aromatic carboxylic acids is 1. The molecule has 0 radical (unpaired) electrons. The van der Waals surface area contributed by atoms with Gasteiger partial charge in [-0.1, -0.05) is 23.7 Å². The predicted octanol–water partition coefficient (Wildman–Crippen LogP) is 3.21. The number of hydrogen-bond acceptors (Lipinski definition) is 6. The van der Waals surface area contributed by atoms with E-state index in [1.165, 1.54) is 7.05 Å². The molecule has 0 saturated carbocycles. The number of carboxylic acids is 1. The summed E-state index contributed by atoms with van der Waals surface area (Å²) < 4.78 is 1.00. The third-order valence-corrected chi connectivity index (χ3v) is 4.95. The number of aromatic nitrogens is 2. The highest BCUT2D eigenvalue weighted by molar-refractivity contribution is 7.14. The Bertz CT molecular complexity index is 1140. The monoisotopic (exact) mass is 420 g/mol. The van der Waals surface area contributed by atoms with Crippen LogP contribution >= 0.6 is 22.9 Å². The van der Waals surface area contributed by atoms with Gasteiger partial charge in [0.25, 0.3) is 5.56 Å². The largest absolute Gasteiger partial charge is 0.501 e. The Morgan fingerprint density at radius 2 is 1.86 bits per heavy atom. The van der Waals surface area contributed by atoms with Crippen LogP contribution in [0.3, 0.4) is 0 Å². The third kappa shape index (κ3) is 3.68. The van der Waals surface area contributed by atoms with Gasteiger partial charge in [-0.15, -0.1) is 11.3 Å². The van der Waals surface area contributed by atoms with Crippen LogP contribution in [0.15, 0.2) is 40.5 Å². The van der Waals surface area contributed by atoms with E-state index in [-0.39, 0.29) is 5.82 Å². The van der Waals surface area contributed by atoms with Gasteiger partial charge in [0.05, 0.1) is 21.3 Å². The van der Waals surface area contributed by atoms with Crippen molar-refractivity contribution in [2.75, 3.05) is 10.6 Å². The van der Waals surface area contributed by atoms with Gasteiger partial charge in [0.15, 0.2) is 11.5 Å². The van der Waals surface area contributed by atoms with Crippen molar-refractivity contribution in [1.29, 1.82) is 0 Å². The summed E-state index contributed by atoms with van der Waals surface area (Å²) >= 11 is 7.15. The molecular weight excluding hydrogens is 408 g/mol. The number of para-hydroxylation sites is 1. The van der Waals surface area contributed by atoms with Gasteiger partial charge in [-0.05, 0) is 23.6 Å². The minimum atomic E-state index is -1.54. The van der Waals surface area contributed by atoms with Crippen molar-refractivity contribution in [3.63, 3.8) is 0 Å². The van der Waals surface area contributed by atoms with Crippen molar-refractivity contribution in [2.24, 2.45) is 7.05 Å². The second-order valence-electron chi connectivity index (χ2n) is 5.52. The van der Waals surface area contributed by atoms with Crippen LogP contribution in [0.2, 0.25) is 5.02 Å². The summed E-state index contributed by atoms with van der Waals surface area (Å²) in [5, 5.41) is 26.1. The maximum Gasteiger partial charge on any atom is 0.358 e. The van der Waals surface area contributed by atoms with Crippen molar-refractivity contribution < 1.29 is 19.8 Å². The number of carbonyl (C=O) groups excluding carboxylic acids is 1. The van der Waals surface area contributed by atoms with Crippen molar-refractivity contribution >= 4 is 46.3 Å². The van der Waals surface area contributed by atoms with Crippen molar-refractivity contribution in [1.82, 2.24) is 9.55 Å². The smallest absolute Gasteiger partial charge is 0.358 e.